The molecule has 2 rings (SSSR count). The average molecular weight is 250 g/mol. The number of unbranched alkanes of at least 4 members (excludes halogenated alkanes) is 1. The molecule has 0 saturated carbocycles. The van der Waals surface area contributed by atoms with Gasteiger partial charge in [-0.2, -0.15) is 9.38 Å². The molecule has 0 radical (unpaired) electrons. The zero-order chi connectivity index (χ0) is 12.3. The molecule has 2 heterocycles. The van der Waals surface area contributed by atoms with E-state index in [4.69, 9.17) is 6.42 Å². The number of fused-ring (bicyclic) bond motifs is 1. The fourth-order valence-corrected chi connectivity index (χ4v) is 2.17. The van der Waals surface area contributed by atoms with Gasteiger partial charge in [0, 0.05) is 18.3 Å². The molecule has 0 aliphatic rings. The van der Waals surface area contributed by atoms with Crippen LogP contribution in [0.15, 0.2) is 11.6 Å². The smallest absolute Gasteiger partial charge is 0.363 e. The Bertz CT molecular complexity index is 581. The predicted molar refractivity (Wildman–Crippen MR) is 66.3 cm³/mol. The maximum absolute atomic E-state index is 11.0. The van der Waals surface area contributed by atoms with Gasteiger partial charge < -0.3 is 15.4 Å². The van der Waals surface area contributed by atoms with Crippen LogP contribution in [0.4, 0.5) is 11.6 Å². The Balaban J connectivity index is 2.21. The van der Waals surface area contributed by atoms with Gasteiger partial charge in [0.25, 0.3) is 4.96 Å². The van der Waals surface area contributed by atoms with Crippen LogP contribution in [0.3, 0.4) is 0 Å². The van der Waals surface area contributed by atoms with Gasteiger partial charge in [-0.3, -0.25) is 0 Å². The topological polar surface area (TPSA) is 72.5 Å². The van der Waals surface area contributed by atoms with Crippen molar-refractivity contribution in [3.63, 3.8) is 0 Å². The van der Waals surface area contributed by atoms with Gasteiger partial charge in [0.1, 0.15) is 6.20 Å². The van der Waals surface area contributed by atoms with Crippen molar-refractivity contribution >= 4 is 27.9 Å². The number of hydrogen-bond donors (Lipinski definition) is 1. The van der Waals surface area contributed by atoms with E-state index in [1.54, 1.807) is 11.6 Å². The molecule has 0 aliphatic heterocycles. The van der Waals surface area contributed by atoms with E-state index in [-0.39, 0.29) is 5.82 Å². The highest BCUT2D eigenvalue weighted by Crippen LogP contribution is 2.27. The molecular formula is C10H10N4O2S. The largest absolute Gasteiger partial charge is 0.372 e. The second kappa shape index (κ2) is 4.84. The lowest BCUT2D eigenvalue weighted by Crippen LogP contribution is -2.04. The number of imidazole rings is 1. The van der Waals surface area contributed by atoms with Crippen LogP contribution < -0.4 is 5.32 Å². The van der Waals surface area contributed by atoms with Crippen LogP contribution in [-0.4, -0.2) is 20.9 Å². The van der Waals surface area contributed by atoms with E-state index in [0.29, 0.717) is 23.7 Å². The lowest BCUT2D eigenvalue weighted by Gasteiger charge is -2.00. The first-order valence-corrected chi connectivity index (χ1v) is 5.89. The summed E-state index contributed by atoms with van der Waals surface area (Å²) in [6, 6.07) is 0. The first-order valence-electron chi connectivity index (χ1n) is 5.01. The molecule has 0 spiro atoms. The quantitative estimate of drug-likeness (QED) is 0.382. The molecule has 6 nitrogen and oxygen atoms in total. The average Bonchev–Trinajstić information content (AvgIpc) is 2.83. The Morgan fingerprint density at radius 1 is 1.71 bits per heavy atom. The van der Waals surface area contributed by atoms with Crippen LogP contribution >= 0.6 is 11.3 Å². The van der Waals surface area contributed by atoms with Gasteiger partial charge in [-0.05, 0) is 11.3 Å². The summed E-state index contributed by atoms with van der Waals surface area (Å²) in [5.41, 5.74) is 0. The van der Waals surface area contributed by atoms with E-state index in [1.165, 1.54) is 15.7 Å². The molecule has 0 saturated heterocycles. The second-order valence-corrected chi connectivity index (χ2v) is 4.20. The van der Waals surface area contributed by atoms with Crippen molar-refractivity contribution in [1.82, 2.24) is 9.38 Å². The summed E-state index contributed by atoms with van der Waals surface area (Å²) in [5.74, 6) is 2.79. The normalized spacial score (nSPS) is 10.3. The summed E-state index contributed by atoms with van der Waals surface area (Å²) in [5, 5.41) is 15.7. The van der Waals surface area contributed by atoms with Gasteiger partial charge in [-0.15, -0.1) is 12.3 Å². The van der Waals surface area contributed by atoms with Crippen LogP contribution in [0.25, 0.3) is 4.96 Å². The lowest BCUT2D eigenvalue weighted by atomic mass is 10.3. The number of hydrogen-bond acceptors (Lipinski definition) is 5. The third-order valence-electron chi connectivity index (χ3n) is 2.20. The summed E-state index contributed by atoms with van der Waals surface area (Å²) >= 11 is 1.36. The Morgan fingerprint density at radius 2 is 2.53 bits per heavy atom. The Morgan fingerprint density at radius 3 is 3.24 bits per heavy atom. The minimum atomic E-state index is -0.434. The predicted octanol–water partition coefficient (Wildman–Crippen LogP) is 2.13. The van der Waals surface area contributed by atoms with Crippen LogP contribution in [-0.2, 0) is 0 Å². The van der Waals surface area contributed by atoms with Crippen molar-refractivity contribution < 1.29 is 4.92 Å². The number of nitro groups is 1. The molecule has 0 unspecified atom stereocenters. The third-order valence-corrected chi connectivity index (χ3v) is 2.96. The van der Waals surface area contributed by atoms with Gasteiger partial charge in [0.15, 0.2) is 0 Å². The fraction of sp³-hybridized carbons (Fsp3) is 0.300. The van der Waals surface area contributed by atoms with E-state index in [9.17, 15) is 10.1 Å². The van der Waals surface area contributed by atoms with E-state index in [2.05, 4.69) is 16.2 Å². The minimum absolute atomic E-state index is 0.0260. The third kappa shape index (κ3) is 2.21. The number of nitrogens with one attached hydrogen (secondary N) is 1. The Kier molecular flexibility index (Phi) is 3.25. The number of thiazole rings is 1. The molecule has 0 aromatic carbocycles. The summed E-state index contributed by atoms with van der Waals surface area (Å²) < 4.78 is 1.47. The van der Waals surface area contributed by atoms with Crippen molar-refractivity contribution in [3.05, 3.63) is 21.7 Å². The summed E-state index contributed by atoms with van der Waals surface area (Å²) in [7, 11) is 0. The van der Waals surface area contributed by atoms with Gasteiger partial charge in [-0.25, -0.2) is 0 Å². The monoisotopic (exact) mass is 250 g/mol. The first kappa shape index (κ1) is 11.4. The molecule has 88 valence electrons. The van der Waals surface area contributed by atoms with Crippen molar-refractivity contribution in [2.45, 2.75) is 12.8 Å². The van der Waals surface area contributed by atoms with Crippen LogP contribution in [0.5, 0.6) is 0 Å². The molecule has 2 aromatic rings. The molecule has 0 bridgehead atoms. The standard InChI is InChI=1S/C10H10N4O2S/c1-2-3-4-5-11-8-9(14(15)16)13-6-7-17-10(13)12-8/h1,6-7,11H,3-5H2. The molecular weight excluding hydrogens is 240 g/mol. The van der Waals surface area contributed by atoms with Gasteiger partial charge in [-0.1, -0.05) is 11.3 Å². The zero-order valence-corrected chi connectivity index (χ0v) is 9.74. The van der Waals surface area contributed by atoms with Crippen LogP contribution in [0.1, 0.15) is 12.8 Å². The van der Waals surface area contributed by atoms with Gasteiger partial charge in [0.2, 0.25) is 5.82 Å². The van der Waals surface area contributed by atoms with Crippen molar-refractivity contribution in [2.24, 2.45) is 0 Å². The van der Waals surface area contributed by atoms with Crippen molar-refractivity contribution in [3.8, 4) is 12.3 Å². The van der Waals surface area contributed by atoms with E-state index in [1.807, 2.05) is 0 Å². The maximum Gasteiger partial charge on any atom is 0.372 e. The highest BCUT2D eigenvalue weighted by atomic mass is 32.1. The molecule has 0 amide bonds. The number of aromatic nitrogens is 2. The number of anilines is 1. The minimum Gasteiger partial charge on any atom is -0.363 e. The molecule has 0 atom stereocenters. The molecule has 17 heavy (non-hydrogen) atoms. The molecule has 1 N–H and O–H groups in total. The van der Waals surface area contributed by atoms with E-state index in [0.717, 1.165) is 6.42 Å². The number of nitrogens with zero attached hydrogens (tertiary/aromatic N) is 3. The number of terminal acetylenes is 1. The highest BCUT2D eigenvalue weighted by Gasteiger charge is 2.22. The molecule has 0 fully saturated rings. The fourth-order valence-electron chi connectivity index (χ4n) is 1.46. The number of rotatable bonds is 5. The first-order chi connectivity index (χ1) is 8.24. The van der Waals surface area contributed by atoms with Crippen LogP contribution in [0, 0.1) is 22.5 Å². The van der Waals surface area contributed by atoms with Crippen molar-refractivity contribution in [1.29, 1.82) is 0 Å². The van der Waals surface area contributed by atoms with E-state index < -0.39 is 4.92 Å². The second-order valence-electron chi connectivity index (χ2n) is 3.33. The molecule has 0 aliphatic carbocycles. The van der Waals surface area contributed by atoms with Gasteiger partial charge in [0.05, 0.1) is 0 Å². The highest BCUT2D eigenvalue weighted by molar-refractivity contribution is 7.15. The Hall–Kier alpha value is -2.07. The summed E-state index contributed by atoms with van der Waals surface area (Å²) in [6.45, 7) is 0.579. The Labute approximate surface area is 101 Å². The van der Waals surface area contributed by atoms with Crippen molar-refractivity contribution in [2.75, 3.05) is 11.9 Å². The van der Waals surface area contributed by atoms with Crippen LogP contribution in [0.2, 0.25) is 0 Å². The molecule has 2 aromatic heterocycles. The van der Waals surface area contributed by atoms with Gasteiger partial charge >= 0.3 is 5.82 Å². The lowest BCUT2D eigenvalue weighted by molar-refractivity contribution is -0.389. The SMILES string of the molecule is C#CCCCNc1nc2sccn2c1[N+](=O)[O-]. The zero-order valence-electron chi connectivity index (χ0n) is 8.92. The maximum atomic E-state index is 11.0. The summed E-state index contributed by atoms with van der Waals surface area (Å²) in [6.07, 6.45) is 8.17. The summed E-state index contributed by atoms with van der Waals surface area (Å²) in [4.78, 5) is 15.3. The molecule has 7 heteroatoms. The van der Waals surface area contributed by atoms with E-state index >= 15 is 0 Å².